The van der Waals surface area contributed by atoms with Gasteiger partial charge in [-0.25, -0.2) is 0 Å². The van der Waals surface area contributed by atoms with Gasteiger partial charge in [0.1, 0.15) is 25.2 Å². The van der Waals surface area contributed by atoms with Crippen molar-refractivity contribution in [2.75, 3.05) is 27.0 Å². The van der Waals surface area contributed by atoms with E-state index >= 15 is 0 Å². The molecular weight excluding hydrogens is 516 g/mol. The van der Waals surface area contributed by atoms with E-state index in [4.69, 9.17) is 30.5 Å². The normalized spacial score (nSPS) is 15.1. The summed E-state index contributed by atoms with van der Waals surface area (Å²) in [6.45, 7) is -4.88. The molecule has 230 valence electrons. The SMILES string of the molecule is [2H]C([2H])(OCc1ccc(OC)cc1)C([2H])(OCOCc1ccccc1)C([2H])([2H])OC(=O)CCCCCCCCCCCCCCC. The van der Waals surface area contributed by atoms with Crippen LogP contribution < -0.4 is 4.74 Å². The van der Waals surface area contributed by atoms with E-state index in [1.807, 2.05) is 30.3 Å². The van der Waals surface area contributed by atoms with Crippen LogP contribution in [0.25, 0.3) is 0 Å². The van der Waals surface area contributed by atoms with E-state index in [0.717, 1.165) is 24.8 Å². The van der Waals surface area contributed by atoms with Gasteiger partial charge in [-0.2, -0.15) is 0 Å². The summed E-state index contributed by atoms with van der Waals surface area (Å²) in [6, 6.07) is 15.8. The molecule has 0 saturated carbocycles. The third kappa shape index (κ3) is 18.6. The molecule has 1 atom stereocenters. The van der Waals surface area contributed by atoms with Crippen LogP contribution in [0.15, 0.2) is 54.6 Å². The van der Waals surface area contributed by atoms with Gasteiger partial charge in [0.15, 0.2) is 0 Å². The summed E-state index contributed by atoms with van der Waals surface area (Å²) < 4.78 is 69.4. The highest BCUT2D eigenvalue weighted by Gasteiger charge is 2.14. The molecule has 0 radical (unpaired) electrons. The number of ether oxygens (including phenoxy) is 5. The van der Waals surface area contributed by atoms with E-state index in [0.29, 0.717) is 17.7 Å². The number of hydrogen-bond acceptors (Lipinski definition) is 6. The molecule has 41 heavy (non-hydrogen) atoms. The summed E-state index contributed by atoms with van der Waals surface area (Å²) >= 11 is 0. The molecule has 0 saturated heterocycles. The highest BCUT2D eigenvalue weighted by molar-refractivity contribution is 5.69. The molecule has 2 rings (SSSR count). The molecule has 1 unspecified atom stereocenters. The number of rotatable bonds is 26. The lowest BCUT2D eigenvalue weighted by molar-refractivity contribution is -0.160. The third-order valence-electron chi connectivity index (χ3n) is 6.70. The summed E-state index contributed by atoms with van der Waals surface area (Å²) in [5, 5.41) is 0. The van der Waals surface area contributed by atoms with Gasteiger partial charge in [0.05, 0.1) is 33.7 Å². The summed E-state index contributed by atoms with van der Waals surface area (Å²) in [4.78, 5) is 12.7. The molecule has 2 aromatic carbocycles. The van der Waals surface area contributed by atoms with Crippen LogP contribution >= 0.6 is 0 Å². The van der Waals surface area contributed by atoms with Gasteiger partial charge in [-0.05, 0) is 29.7 Å². The number of methoxy groups -OCH3 is 1. The zero-order chi connectivity index (χ0) is 33.7. The van der Waals surface area contributed by atoms with Crippen molar-refractivity contribution < 1.29 is 35.3 Å². The topological polar surface area (TPSA) is 63.2 Å². The molecule has 0 heterocycles. The Hall–Kier alpha value is -2.41. The molecule has 0 amide bonds. The van der Waals surface area contributed by atoms with E-state index in [9.17, 15) is 4.79 Å². The molecule has 0 N–H and O–H groups in total. The first-order chi connectivity index (χ1) is 22.0. The Morgan fingerprint density at radius 3 is 1.90 bits per heavy atom. The van der Waals surface area contributed by atoms with Gasteiger partial charge in [-0.15, -0.1) is 0 Å². The van der Waals surface area contributed by atoms with E-state index in [1.165, 1.54) is 64.9 Å². The van der Waals surface area contributed by atoms with Crippen LogP contribution in [0.1, 0.15) is 115 Å². The van der Waals surface area contributed by atoms with Crippen LogP contribution in [0.3, 0.4) is 0 Å². The Labute approximate surface area is 256 Å². The van der Waals surface area contributed by atoms with Crippen molar-refractivity contribution in [2.24, 2.45) is 0 Å². The number of esters is 1. The van der Waals surface area contributed by atoms with Crippen molar-refractivity contribution >= 4 is 5.97 Å². The molecular formula is C35H54O6. The summed E-state index contributed by atoms with van der Waals surface area (Å²) in [6.07, 6.45) is 11.7. The highest BCUT2D eigenvalue weighted by atomic mass is 16.7. The molecule has 0 fully saturated rings. The molecule has 0 aliphatic rings. The van der Waals surface area contributed by atoms with Crippen molar-refractivity contribution in [1.29, 1.82) is 0 Å². The average Bonchev–Trinajstić information content (AvgIpc) is 3.04. The molecule has 6 heteroatoms. The van der Waals surface area contributed by atoms with Crippen LogP contribution in [0, 0.1) is 0 Å². The third-order valence-corrected chi connectivity index (χ3v) is 6.70. The van der Waals surface area contributed by atoms with E-state index in [1.54, 1.807) is 24.3 Å². The fourth-order valence-corrected chi connectivity index (χ4v) is 4.26. The molecule has 0 aromatic heterocycles. The van der Waals surface area contributed by atoms with Crippen LogP contribution in [-0.2, 0) is 37.0 Å². The van der Waals surface area contributed by atoms with E-state index in [2.05, 4.69) is 6.92 Å². The zero-order valence-electron chi connectivity index (χ0n) is 30.2. The monoisotopic (exact) mass is 575 g/mol. The number of benzene rings is 2. The molecule has 0 bridgehead atoms. The summed E-state index contributed by atoms with van der Waals surface area (Å²) in [5.41, 5.74) is 1.38. The van der Waals surface area contributed by atoms with Crippen molar-refractivity contribution in [3.63, 3.8) is 0 Å². The molecule has 0 spiro atoms. The standard InChI is InChI=1S/C35H54O6/c1-3-4-5-6-7-8-9-10-11-12-13-14-18-21-35(36)40-29-34(41-30-39-27-31-19-16-15-17-20-31)28-38-26-32-22-24-33(37-2)25-23-32/h15-17,19-20,22-25,34H,3-14,18,21,26-30H2,1-2H3/i28D2,29D2,34D. The summed E-state index contributed by atoms with van der Waals surface area (Å²) in [5.74, 6) is -0.267. The van der Waals surface area contributed by atoms with Crippen molar-refractivity contribution in [3.05, 3.63) is 65.7 Å². The van der Waals surface area contributed by atoms with E-state index < -0.39 is 32.0 Å². The fraction of sp³-hybridized carbons (Fsp3) is 0.629. The Balaban J connectivity index is 1.88. The van der Waals surface area contributed by atoms with Crippen LogP contribution in [0.2, 0.25) is 0 Å². The fourth-order valence-electron chi connectivity index (χ4n) is 4.26. The number of hydrogen-bond donors (Lipinski definition) is 0. The lowest BCUT2D eigenvalue weighted by atomic mass is 10.0. The van der Waals surface area contributed by atoms with Gasteiger partial charge in [0.25, 0.3) is 0 Å². The van der Waals surface area contributed by atoms with Crippen molar-refractivity contribution in [2.45, 2.75) is 116 Å². The summed E-state index contributed by atoms with van der Waals surface area (Å²) in [7, 11) is 1.53. The lowest BCUT2D eigenvalue weighted by Crippen LogP contribution is -2.28. The highest BCUT2D eigenvalue weighted by Crippen LogP contribution is 2.14. The molecule has 2 aromatic rings. The van der Waals surface area contributed by atoms with Crippen LogP contribution in [-0.4, -0.2) is 39.1 Å². The second-order valence-corrected chi connectivity index (χ2v) is 10.2. The Bertz CT molecular complexity index is 1090. The second kappa shape index (κ2) is 24.2. The maximum absolute atomic E-state index is 12.7. The number of carbonyl (C=O) groups is 1. The van der Waals surface area contributed by atoms with Gasteiger partial charge in [0, 0.05) is 6.42 Å². The van der Waals surface area contributed by atoms with Gasteiger partial charge in [-0.1, -0.05) is 126 Å². The minimum absolute atomic E-state index is 0.0481. The Kier molecular flexibility index (Phi) is 16.2. The first-order valence-electron chi connectivity index (χ1n) is 17.8. The predicted octanol–water partition coefficient (Wildman–Crippen LogP) is 8.80. The van der Waals surface area contributed by atoms with Crippen LogP contribution in [0.5, 0.6) is 5.75 Å². The smallest absolute Gasteiger partial charge is 0.305 e. The Morgan fingerprint density at radius 2 is 1.29 bits per heavy atom. The molecule has 0 aliphatic carbocycles. The molecule has 0 aliphatic heterocycles. The maximum atomic E-state index is 12.7. The molecule has 6 nitrogen and oxygen atoms in total. The minimum atomic E-state index is -3.21. The van der Waals surface area contributed by atoms with Gasteiger partial charge in [-0.3, -0.25) is 4.79 Å². The van der Waals surface area contributed by atoms with Gasteiger partial charge in [0.2, 0.25) is 0 Å². The maximum Gasteiger partial charge on any atom is 0.305 e. The van der Waals surface area contributed by atoms with Crippen LogP contribution in [0.4, 0.5) is 0 Å². The van der Waals surface area contributed by atoms with Gasteiger partial charge >= 0.3 is 5.97 Å². The Morgan fingerprint density at radius 1 is 0.732 bits per heavy atom. The number of carbonyl (C=O) groups excluding carboxylic acids is 1. The number of unbranched alkanes of at least 4 members (excludes halogenated alkanes) is 12. The minimum Gasteiger partial charge on any atom is -0.497 e. The predicted molar refractivity (Wildman–Crippen MR) is 165 cm³/mol. The largest absolute Gasteiger partial charge is 0.497 e. The zero-order valence-corrected chi connectivity index (χ0v) is 25.2. The van der Waals surface area contributed by atoms with Crippen molar-refractivity contribution in [3.8, 4) is 5.75 Å². The lowest BCUT2D eigenvalue weighted by Gasteiger charge is -2.18. The van der Waals surface area contributed by atoms with Crippen molar-refractivity contribution in [1.82, 2.24) is 0 Å². The quantitative estimate of drug-likeness (QED) is 0.0634. The second-order valence-electron chi connectivity index (χ2n) is 10.2. The van der Waals surface area contributed by atoms with E-state index in [-0.39, 0.29) is 19.6 Å². The first kappa shape index (κ1) is 27.4. The first-order valence-corrected chi connectivity index (χ1v) is 15.3. The average molecular weight is 576 g/mol. The van der Waals surface area contributed by atoms with Gasteiger partial charge < -0.3 is 23.7 Å².